The molecule has 0 saturated heterocycles. The van der Waals surface area contributed by atoms with Gasteiger partial charge in [0.2, 0.25) is 0 Å². The number of amides is 2. The van der Waals surface area contributed by atoms with Crippen LogP contribution < -0.4 is 16.4 Å². The molecule has 0 fully saturated rings. The van der Waals surface area contributed by atoms with Crippen molar-refractivity contribution in [3.8, 4) is 22.4 Å². The molecule has 5 N–H and O–H groups in total. The normalized spacial score (nSPS) is 12.3. The summed E-state index contributed by atoms with van der Waals surface area (Å²) in [6.07, 6.45) is -6.15. The van der Waals surface area contributed by atoms with Crippen molar-refractivity contribution in [3.05, 3.63) is 72.6 Å². The maximum Gasteiger partial charge on any atom is 0.416 e. The zero-order valence-electron chi connectivity index (χ0n) is 21.0. The number of aromatic nitrogens is 3. The number of nitrogens with zero attached hydrogens (tertiary/aromatic N) is 3. The Hall–Kier alpha value is -4.71. The fraction of sp³-hybridized carbons (Fsp3) is 0.185. The number of aliphatic hydroxyl groups is 1. The lowest BCUT2D eigenvalue weighted by Crippen LogP contribution is -2.40. The summed E-state index contributed by atoms with van der Waals surface area (Å²) >= 11 is 0. The Morgan fingerprint density at radius 1 is 1.08 bits per heavy atom. The summed E-state index contributed by atoms with van der Waals surface area (Å²) < 4.78 is 39.5. The third kappa shape index (κ3) is 5.60. The molecule has 0 saturated carbocycles. The molecule has 0 aliphatic carbocycles. The number of aryl methyl sites for hydroxylation is 1. The standard InChI is InChI=1S/C27H25F3N6O3/c1-14(2)25(38)35-18-10-8-16(9-11-18)22-20(21-23(31)33-13-34-24(21)36(22)3)15-4-6-17(7-5-15)26(39)32-12-19(37)27(28,29)30/h4-11,13,19,37H,1,12H2,2-3H3,(H,32,39)(H,35,38)(H2,31,33,34). The molecule has 1 atom stereocenters. The van der Waals surface area contributed by atoms with Gasteiger partial charge in [0, 0.05) is 29.4 Å². The lowest BCUT2D eigenvalue weighted by atomic mass is 9.97. The van der Waals surface area contributed by atoms with Gasteiger partial charge in [-0.15, -0.1) is 0 Å². The zero-order valence-corrected chi connectivity index (χ0v) is 21.0. The number of fused-ring (bicyclic) bond motifs is 1. The van der Waals surface area contributed by atoms with Crippen LogP contribution in [0.5, 0.6) is 0 Å². The van der Waals surface area contributed by atoms with Gasteiger partial charge < -0.3 is 26.0 Å². The van der Waals surface area contributed by atoms with Crippen LogP contribution in [0, 0.1) is 0 Å². The van der Waals surface area contributed by atoms with Crippen LogP contribution in [0.2, 0.25) is 0 Å². The van der Waals surface area contributed by atoms with Gasteiger partial charge in [-0.1, -0.05) is 30.8 Å². The SMILES string of the molecule is C=C(C)C(=O)Nc1ccc(-c2c(-c3ccc(C(=O)NCC(O)C(F)(F)F)cc3)c3c(N)ncnc3n2C)cc1. The number of alkyl halides is 3. The van der Waals surface area contributed by atoms with Crippen LogP contribution in [0.1, 0.15) is 17.3 Å². The Morgan fingerprint density at radius 2 is 1.69 bits per heavy atom. The molecule has 0 aliphatic rings. The summed E-state index contributed by atoms with van der Waals surface area (Å²) in [4.78, 5) is 32.8. The largest absolute Gasteiger partial charge is 0.416 e. The highest BCUT2D eigenvalue weighted by Gasteiger charge is 2.38. The van der Waals surface area contributed by atoms with E-state index in [0.29, 0.717) is 33.4 Å². The average Bonchev–Trinajstić information content (AvgIpc) is 3.20. The molecule has 2 aromatic carbocycles. The Labute approximate surface area is 221 Å². The highest BCUT2D eigenvalue weighted by atomic mass is 19.4. The van der Waals surface area contributed by atoms with Gasteiger partial charge in [-0.25, -0.2) is 9.97 Å². The number of nitrogens with two attached hydrogens (primary N) is 1. The van der Waals surface area contributed by atoms with Gasteiger partial charge >= 0.3 is 6.18 Å². The van der Waals surface area contributed by atoms with Gasteiger partial charge in [0.1, 0.15) is 17.8 Å². The van der Waals surface area contributed by atoms with Crippen molar-refractivity contribution >= 4 is 34.4 Å². The van der Waals surface area contributed by atoms with Crippen molar-refractivity contribution < 1.29 is 27.9 Å². The molecule has 39 heavy (non-hydrogen) atoms. The number of carbonyl (C=O) groups excluding carboxylic acids is 2. The molecule has 4 aromatic rings. The molecule has 0 radical (unpaired) electrons. The van der Waals surface area contributed by atoms with Gasteiger partial charge in [0.15, 0.2) is 6.10 Å². The fourth-order valence-electron chi connectivity index (χ4n) is 4.04. The molecule has 9 nitrogen and oxygen atoms in total. The van der Waals surface area contributed by atoms with Crippen molar-refractivity contribution in [2.75, 3.05) is 17.6 Å². The number of rotatable bonds is 7. The van der Waals surface area contributed by atoms with Crippen molar-refractivity contribution in [2.24, 2.45) is 7.05 Å². The van der Waals surface area contributed by atoms with Gasteiger partial charge in [-0.3, -0.25) is 9.59 Å². The highest BCUT2D eigenvalue weighted by molar-refractivity contribution is 6.08. The van der Waals surface area contributed by atoms with E-state index in [0.717, 1.165) is 11.3 Å². The van der Waals surface area contributed by atoms with Crippen LogP contribution in [-0.4, -0.2) is 50.3 Å². The van der Waals surface area contributed by atoms with Crippen LogP contribution >= 0.6 is 0 Å². The van der Waals surface area contributed by atoms with Crippen LogP contribution in [0.15, 0.2) is 67.0 Å². The van der Waals surface area contributed by atoms with E-state index in [1.165, 1.54) is 18.5 Å². The third-order valence-electron chi connectivity index (χ3n) is 6.07. The number of hydrogen-bond acceptors (Lipinski definition) is 6. The molecule has 12 heteroatoms. The number of halogens is 3. The molecule has 0 aliphatic heterocycles. The van der Waals surface area contributed by atoms with E-state index in [4.69, 9.17) is 10.8 Å². The second kappa shape index (κ2) is 10.6. The highest BCUT2D eigenvalue weighted by Crippen LogP contribution is 2.41. The molecular formula is C27H25F3N6O3. The predicted molar refractivity (Wildman–Crippen MR) is 142 cm³/mol. The second-order valence-electron chi connectivity index (χ2n) is 8.90. The van der Waals surface area contributed by atoms with Crippen LogP contribution in [-0.2, 0) is 11.8 Å². The number of nitrogens with one attached hydrogen (secondary N) is 2. The van der Waals surface area contributed by atoms with Gasteiger partial charge in [0.25, 0.3) is 11.8 Å². The van der Waals surface area contributed by atoms with Crippen molar-refractivity contribution in [3.63, 3.8) is 0 Å². The number of carbonyl (C=O) groups is 2. The molecule has 1 unspecified atom stereocenters. The molecule has 2 aromatic heterocycles. The Kier molecular flexibility index (Phi) is 7.41. The van der Waals surface area contributed by atoms with E-state index < -0.39 is 24.7 Å². The fourth-order valence-corrected chi connectivity index (χ4v) is 4.04. The number of anilines is 2. The van der Waals surface area contributed by atoms with E-state index in [-0.39, 0.29) is 17.3 Å². The minimum atomic E-state index is -4.84. The predicted octanol–water partition coefficient (Wildman–Crippen LogP) is 4.05. The van der Waals surface area contributed by atoms with E-state index >= 15 is 0 Å². The van der Waals surface area contributed by atoms with Crippen molar-refractivity contribution in [2.45, 2.75) is 19.2 Å². The van der Waals surface area contributed by atoms with Gasteiger partial charge in [-0.05, 0) is 42.3 Å². The van der Waals surface area contributed by atoms with Crippen molar-refractivity contribution in [1.29, 1.82) is 0 Å². The smallest absolute Gasteiger partial charge is 0.383 e. The molecule has 2 heterocycles. The minimum Gasteiger partial charge on any atom is -0.383 e. The lowest BCUT2D eigenvalue weighted by molar-refractivity contribution is -0.201. The molecule has 0 spiro atoms. The molecule has 4 rings (SSSR count). The Balaban J connectivity index is 1.72. The molecule has 202 valence electrons. The minimum absolute atomic E-state index is 0.108. The topological polar surface area (TPSA) is 135 Å². The first-order valence-corrected chi connectivity index (χ1v) is 11.7. The maximum atomic E-state index is 12.5. The molecule has 2 amide bonds. The van der Waals surface area contributed by atoms with E-state index in [1.807, 2.05) is 23.7 Å². The van der Waals surface area contributed by atoms with Crippen molar-refractivity contribution in [1.82, 2.24) is 19.9 Å². The first-order valence-electron chi connectivity index (χ1n) is 11.7. The monoisotopic (exact) mass is 538 g/mol. The summed E-state index contributed by atoms with van der Waals surface area (Å²) in [7, 11) is 1.82. The molecular weight excluding hydrogens is 513 g/mol. The number of hydrogen-bond donors (Lipinski definition) is 4. The maximum absolute atomic E-state index is 12.5. The first kappa shape index (κ1) is 27.3. The lowest BCUT2D eigenvalue weighted by Gasteiger charge is -2.15. The number of benzene rings is 2. The van der Waals surface area contributed by atoms with Gasteiger partial charge in [-0.2, -0.15) is 13.2 Å². The summed E-state index contributed by atoms with van der Waals surface area (Å²) in [6.45, 7) is 4.27. The quantitative estimate of drug-likeness (QED) is 0.262. The van der Waals surface area contributed by atoms with Crippen LogP contribution in [0.4, 0.5) is 24.7 Å². The third-order valence-corrected chi connectivity index (χ3v) is 6.07. The summed E-state index contributed by atoms with van der Waals surface area (Å²) in [5, 5.41) is 14.6. The first-order chi connectivity index (χ1) is 18.4. The molecule has 0 bridgehead atoms. The van der Waals surface area contributed by atoms with Crippen LogP contribution in [0.3, 0.4) is 0 Å². The van der Waals surface area contributed by atoms with E-state index in [9.17, 15) is 22.8 Å². The summed E-state index contributed by atoms with van der Waals surface area (Å²) in [5.74, 6) is -0.823. The Morgan fingerprint density at radius 3 is 2.28 bits per heavy atom. The summed E-state index contributed by atoms with van der Waals surface area (Å²) in [6, 6.07) is 13.3. The van der Waals surface area contributed by atoms with Crippen LogP contribution in [0.25, 0.3) is 33.4 Å². The number of nitrogen functional groups attached to an aromatic ring is 1. The second-order valence-corrected chi connectivity index (χ2v) is 8.90. The number of aliphatic hydroxyl groups excluding tert-OH is 1. The van der Waals surface area contributed by atoms with E-state index in [1.54, 1.807) is 31.2 Å². The Bertz CT molecular complexity index is 1560. The van der Waals surface area contributed by atoms with E-state index in [2.05, 4.69) is 27.2 Å². The van der Waals surface area contributed by atoms with Gasteiger partial charge in [0.05, 0.1) is 17.6 Å². The average molecular weight is 539 g/mol. The summed E-state index contributed by atoms with van der Waals surface area (Å²) in [5.41, 5.74) is 10.7. The zero-order chi connectivity index (χ0) is 28.5.